The molecule has 0 radical (unpaired) electrons. The Hall–Kier alpha value is -2.34. The molecule has 6 heteroatoms. The molecule has 0 saturated carbocycles. The number of piperazine rings is 1. The Labute approximate surface area is 170 Å². The minimum absolute atomic E-state index is 0.403. The summed E-state index contributed by atoms with van der Waals surface area (Å²) in [6, 6.07) is 8.78. The van der Waals surface area contributed by atoms with Gasteiger partial charge in [-0.15, -0.1) is 11.3 Å². The van der Waals surface area contributed by atoms with Gasteiger partial charge in [0.05, 0.1) is 12.5 Å². The van der Waals surface area contributed by atoms with Crippen LogP contribution in [0.25, 0.3) is 10.2 Å². The maximum absolute atomic E-state index is 5.41. The molecule has 0 unspecified atom stereocenters. The molecule has 5 rings (SSSR count). The van der Waals surface area contributed by atoms with Crippen molar-refractivity contribution in [3.05, 3.63) is 41.0 Å². The first-order chi connectivity index (χ1) is 13.7. The van der Waals surface area contributed by atoms with Crippen molar-refractivity contribution < 1.29 is 4.74 Å². The lowest BCUT2D eigenvalue weighted by molar-refractivity contribution is 0.414. The van der Waals surface area contributed by atoms with E-state index in [9.17, 15) is 0 Å². The predicted octanol–water partition coefficient (Wildman–Crippen LogP) is 4.29. The van der Waals surface area contributed by atoms with Gasteiger partial charge in [-0.2, -0.15) is 0 Å². The number of nitrogens with zero attached hydrogens (tertiary/aromatic N) is 4. The van der Waals surface area contributed by atoms with Crippen LogP contribution in [-0.2, 0) is 12.8 Å². The van der Waals surface area contributed by atoms with Gasteiger partial charge in [-0.05, 0) is 50.3 Å². The van der Waals surface area contributed by atoms with Gasteiger partial charge in [-0.1, -0.05) is 6.07 Å². The summed E-state index contributed by atoms with van der Waals surface area (Å²) in [5, 5.41) is 1.32. The van der Waals surface area contributed by atoms with Gasteiger partial charge in [-0.3, -0.25) is 0 Å². The van der Waals surface area contributed by atoms with Crippen molar-refractivity contribution in [3.63, 3.8) is 0 Å². The molecule has 5 nitrogen and oxygen atoms in total. The van der Waals surface area contributed by atoms with Gasteiger partial charge >= 0.3 is 0 Å². The summed E-state index contributed by atoms with van der Waals surface area (Å²) < 4.78 is 5.41. The molecule has 1 fully saturated rings. The number of aryl methyl sites for hydroxylation is 2. The van der Waals surface area contributed by atoms with Crippen LogP contribution >= 0.6 is 11.3 Å². The van der Waals surface area contributed by atoms with Crippen LogP contribution in [0.1, 0.15) is 30.2 Å². The molecule has 1 aliphatic heterocycles. The quantitative estimate of drug-likeness (QED) is 0.663. The number of hydrogen-bond acceptors (Lipinski definition) is 6. The smallest absolute Gasteiger partial charge is 0.141 e. The summed E-state index contributed by atoms with van der Waals surface area (Å²) in [4.78, 5) is 17.0. The van der Waals surface area contributed by atoms with Crippen molar-refractivity contribution in [1.82, 2.24) is 9.97 Å². The molecule has 1 atom stereocenters. The fourth-order valence-corrected chi connectivity index (χ4v) is 5.86. The Kier molecular flexibility index (Phi) is 4.59. The molecule has 1 aliphatic carbocycles. The molecule has 1 saturated heterocycles. The van der Waals surface area contributed by atoms with Crippen LogP contribution in [0.2, 0.25) is 0 Å². The second-order valence-corrected chi connectivity index (χ2v) is 8.86. The molecular formula is C22H26N4OS. The van der Waals surface area contributed by atoms with E-state index in [-0.39, 0.29) is 0 Å². The topological polar surface area (TPSA) is 41.5 Å². The van der Waals surface area contributed by atoms with Crippen LogP contribution in [-0.4, -0.2) is 42.8 Å². The van der Waals surface area contributed by atoms with Crippen molar-refractivity contribution >= 4 is 33.1 Å². The largest absolute Gasteiger partial charge is 0.497 e. The molecule has 2 aromatic heterocycles. The number of rotatable bonds is 3. The van der Waals surface area contributed by atoms with Crippen molar-refractivity contribution in [2.45, 2.75) is 38.6 Å². The number of methoxy groups -OCH3 is 1. The summed E-state index contributed by atoms with van der Waals surface area (Å²) >= 11 is 1.88. The fourth-order valence-electron chi connectivity index (χ4n) is 4.64. The van der Waals surface area contributed by atoms with E-state index in [1.807, 2.05) is 17.4 Å². The molecule has 3 aromatic rings. The van der Waals surface area contributed by atoms with E-state index in [1.165, 1.54) is 52.0 Å². The molecular weight excluding hydrogens is 368 g/mol. The lowest BCUT2D eigenvalue weighted by Crippen LogP contribution is -2.52. The van der Waals surface area contributed by atoms with Gasteiger partial charge in [0.1, 0.15) is 22.7 Å². The molecule has 2 aliphatic rings. The molecule has 28 heavy (non-hydrogen) atoms. The number of benzene rings is 1. The third-order valence-corrected chi connectivity index (χ3v) is 7.24. The lowest BCUT2D eigenvalue weighted by Gasteiger charge is -2.42. The Morgan fingerprint density at radius 3 is 2.89 bits per heavy atom. The van der Waals surface area contributed by atoms with Gasteiger partial charge < -0.3 is 14.5 Å². The molecule has 0 amide bonds. The predicted molar refractivity (Wildman–Crippen MR) is 116 cm³/mol. The van der Waals surface area contributed by atoms with E-state index >= 15 is 0 Å². The summed E-state index contributed by atoms with van der Waals surface area (Å²) in [6.07, 6.45) is 6.72. The molecule has 0 N–H and O–H groups in total. The zero-order chi connectivity index (χ0) is 19.1. The summed E-state index contributed by atoms with van der Waals surface area (Å²) in [7, 11) is 1.72. The minimum atomic E-state index is 0.403. The van der Waals surface area contributed by atoms with Gasteiger partial charge in [0.2, 0.25) is 0 Å². The zero-order valence-electron chi connectivity index (χ0n) is 16.5. The molecule has 3 heterocycles. The highest BCUT2D eigenvalue weighted by molar-refractivity contribution is 7.19. The number of hydrogen-bond donors (Lipinski definition) is 0. The molecule has 146 valence electrons. The minimum Gasteiger partial charge on any atom is -0.497 e. The first kappa shape index (κ1) is 17.7. The fraction of sp³-hybridized carbons (Fsp3) is 0.455. The number of anilines is 2. The van der Waals surface area contributed by atoms with Crippen LogP contribution in [0.3, 0.4) is 0 Å². The monoisotopic (exact) mass is 394 g/mol. The number of thiophene rings is 1. The van der Waals surface area contributed by atoms with Gasteiger partial charge in [0.25, 0.3) is 0 Å². The van der Waals surface area contributed by atoms with Gasteiger partial charge in [-0.25, -0.2) is 9.97 Å². The summed E-state index contributed by atoms with van der Waals surface area (Å²) in [5.74, 6) is 2.05. The van der Waals surface area contributed by atoms with Crippen LogP contribution in [0.15, 0.2) is 30.6 Å². The van der Waals surface area contributed by atoms with Crippen LogP contribution in [0, 0.1) is 0 Å². The second kappa shape index (κ2) is 7.24. The van der Waals surface area contributed by atoms with E-state index in [0.29, 0.717) is 6.04 Å². The highest BCUT2D eigenvalue weighted by Gasteiger charge is 2.28. The number of aromatic nitrogens is 2. The Morgan fingerprint density at radius 1 is 1.14 bits per heavy atom. The molecule has 0 bridgehead atoms. The van der Waals surface area contributed by atoms with E-state index in [1.54, 1.807) is 13.4 Å². The SMILES string of the molecule is COc1cccc(N2CCN(c3ncnc4sc5c(c34)CCCC5)C[C@H]2C)c1. The standard InChI is InChI=1S/C22H26N4OS/c1-15-13-25(10-11-26(15)16-6-5-7-17(12-16)27-2)21-20-18-8-3-4-9-19(18)28-22(20)24-14-23-21/h5-7,12,14-15H,3-4,8-11,13H2,1-2H3/t15-/m1/s1. The van der Waals surface area contributed by atoms with Crippen molar-refractivity contribution in [2.75, 3.05) is 36.5 Å². The van der Waals surface area contributed by atoms with E-state index in [0.717, 1.165) is 31.2 Å². The van der Waals surface area contributed by atoms with Crippen LogP contribution < -0.4 is 14.5 Å². The zero-order valence-corrected chi connectivity index (χ0v) is 17.3. The molecule has 0 spiro atoms. The highest BCUT2D eigenvalue weighted by atomic mass is 32.1. The third kappa shape index (κ3) is 3.00. The van der Waals surface area contributed by atoms with Crippen molar-refractivity contribution in [2.24, 2.45) is 0 Å². The Morgan fingerprint density at radius 2 is 2.04 bits per heavy atom. The second-order valence-electron chi connectivity index (χ2n) is 7.78. The van der Waals surface area contributed by atoms with Crippen LogP contribution in [0.4, 0.5) is 11.5 Å². The first-order valence-electron chi connectivity index (χ1n) is 10.2. The van der Waals surface area contributed by atoms with Crippen molar-refractivity contribution in [3.8, 4) is 5.75 Å². The van der Waals surface area contributed by atoms with Gasteiger partial charge in [0.15, 0.2) is 0 Å². The molecule has 1 aromatic carbocycles. The Bertz CT molecular complexity index is 1000. The van der Waals surface area contributed by atoms with E-state index < -0.39 is 0 Å². The van der Waals surface area contributed by atoms with E-state index in [4.69, 9.17) is 9.72 Å². The van der Waals surface area contributed by atoms with Crippen LogP contribution in [0.5, 0.6) is 5.75 Å². The Balaban J connectivity index is 1.44. The number of fused-ring (bicyclic) bond motifs is 3. The lowest BCUT2D eigenvalue weighted by atomic mass is 9.96. The first-order valence-corrected chi connectivity index (χ1v) is 11.0. The maximum atomic E-state index is 5.41. The number of ether oxygens (including phenoxy) is 1. The van der Waals surface area contributed by atoms with E-state index in [2.05, 4.69) is 39.9 Å². The summed E-state index contributed by atoms with van der Waals surface area (Å²) in [5.41, 5.74) is 2.75. The maximum Gasteiger partial charge on any atom is 0.141 e. The third-order valence-electron chi connectivity index (χ3n) is 6.04. The normalized spacial score (nSPS) is 19.7. The van der Waals surface area contributed by atoms with Gasteiger partial charge in [0, 0.05) is 42.3 Å². The highest BCUT2D eigenvalue weighted by Crippen LogP contribution is 2.39. The average Bonchev–Trinajstić information content (AvgIpc) is 3.12. The average molecular weight is 395 g/mol. The van der Waals surface area contributed by atoms with Crippen molar-refractivity contribution in [1.29, 1.82) is 0 Å². The summed E-state index contributed by atoms with van der Waals surface area (Å²) in [6.45, 7) is 5.21.